The molecule has 0 unspecified atom stereocenters. The van der Waals surface area contributed by atoms with Gasteiger partial charge in [0.15, 0.2) is 0 Å². The SMILES string of the molecule is CCCCN(CC(F)(F)F)C(=O)c1cc(OC)ccc1Br. The van der Waals surface area contributed by atoms with Crippen LogP contribution in [0.25, 0.3) is 0 Å². The molecule has 118 valence electrons. The van der Waals surface area contributed by atoms with Crippen LogP contribution in [0.2, 0.25) is 0 Å². The van der Waals surface area contributed by atoms with Gasteiger partial charge in [-0.25, -0.2) is 0 Å². The van der Waals surface area contributed by atoms with Crippen LogP contribution in [-0.4, -0.2) is 37.2 Å². The van der Waals surface area contributed by atoms with E-state index in [4.69, 9.17) is 4.74 Å². The van der Waals surface area contributed by atoms with Crippen LogP contribution in [0.5, 0.6) is 5.75 Å². The minimum absolute atomic E-state index is 0.0679. The number of benzene rings is 1. The molecule has 0 aromatic heterocycles. The number of rotatable bonds is 6. The van der Waals surface area contributed by atoms with Crippen LogP contribution in [-0.2, 0) is 0 Å². The van der Waals surface area contributed by atoms with Gasteiger partial charge >= 0.3 is 6.18 Å². The molecule has 0 saturated heterocycles. The highest BCUT2D eigenvalue weighted by atomic mass is 79.9. The van der Waals surface area contributed by atoms with E-state index < -0.39 is 18.6 Å². The van der Waals surface area contributed by atoms with Crippen molar-refractivity contribution in [2.45, 2.75) is 25.9 Å². The number of carbonyl (C=O) groups is 1. The first-order chi connectivity index (χ1) is 9.78. The number of unbranched alkanes of at least 4 members (excludes halogenated alkanes) is 1. The zero-order valence-corrected chi connectivity index (χ0v) is 13.4. The molecular formula is C14H17BrF3NO2. The Morgan fingerprint density at radius 2 is 2.05 bits per heavy atom. The van der Waals surface area contributed by atoms with E-state index in [2.05, 4.69) is 15.9 Å². The largest absolute Gasteiger partial charge is 0.497 e. The molecule has 0 radical (unpaired) electrons. The molecule has 1 aromatic rings. The summed E-state index contributed by atoms with van der Waals surface area (Å²) in [6.07, 6.45) is -3.20. The second kappa shape index (κ2) is 7.68. The van der Waals surface area contributed by atoms with Crippen molar-refractivity contribution in [3.63, 3.8) is 0 Å². The molecule has 0 N–H and O–H groups in total. The Morgan fingerprint density at radius 1 is 1.38 bits per heavy atom. The summed E-state index contributed by atoms with van der Waals surface area (Å²) in [4.78, 5) is 13.2. The van der Waals surface area contributed by atoms with E-state index >= 15 is 0 Å². The highest BCUT2D eigenvalue weighted by molar-refractivity contribution is 9.10. The van der Waals surface area contributed by atoms with Crippen molar-refractivity contribution < 1.29 is 22.7 Å². The number of hydrogen-bond donors (Lipinski definition) is 0. The maximum absolute atomic E-state index is 12.6. The van der Waals surface area contributed by atoms with Crippen LogP contribution >= 0.6 is 15.9 Å². The number of hydrogen-bond acceptors (Lipinski definition) is 2. The summed E-state index contributed by atoms with van der Waals surface area (Å²) in [6.45, 7) is 0.672. The van der Waals surface area contributed by atoms with Gasteiger partial charge in [-0.05, 0) is 40.5 Å². The van der Waals surface area contributed by atoms with Gasteiger partial charge in [0.2, 0.25) is 0 Å². The average Bonchev–Trinajstić information content (AvgIpc) is 2.42. The summed E-state index contributed by atoms with van der Waals surface area (Å²) in [5.41, 5.74) is 0.162. The molecule has 0 atom stereocenters. The van der Waals surface area contributed by atoms with E-state index in [-0.39, 0.29) is 12.1 Å². The molecule has 1 aromatic carbocycles. The third-order valence-corrected chi connectivity index (χ3v) is 3.53. The average molecular weight is 368 g/mol. The number of amides is 1. The quantitative estimate of drug-likeness (QED) is 0.751. The van der Waals surface area contributed by atoms with Gasteiger partial charge in [-0.1, -0.05) is 13.3 Å². The number of halogens is 4. The van der Waals surface area contributed by atoms with E-state index in [0.717, 1.165) is 4.90 Å². The molecule has 0 aliphatic carbocycles. The minimum Gasteiger partial charge on any atom is -0.497 e. The van der Waals surface area contributed by atoms with E-state index in [1.807, 2.05) is 6.92 Å². The fourth-order valence-electron chi connectivity index (χ4n) is 1.78. The van der Waals surface area contributed by atoms with Gasteiger partial charge in [0.1, 0.15) is 12.3 Å². The predicted molar refractivity (Wildman–Crippen MR) is 77.6 cm³/mol. The van der Waals surface area contributed by atoms with Crippen molar-refractivity contribution >= 4 is 21.8 Å². The fraction of sp³-hybridized carbons (Fsp3) is 0.500. The zero-order chi connectivity index (χ0) is 16.0. The number of carbonyl (C=O) groups excluding carboxylic acids is 1. The molecule has 3 nitrogen and oxygen atoms in total. The summed E-state index contributed by atoms with van der Waals surface area (Å²) >= 11 is 3.19. The summed E-state index contributed by atoms with van der Waals surface area (Å²) in [5, 5.41) is 0. The third-order valence-electron chi connectivity index (χ3n) is 2.84. The lowest BCUT2D eigenvalue weighted by Crippen LogP contribution is -2.39. The van der Waals surface area contributed by atoms with E-state index in [0.29, 0.717) is 23.1 Å². The Kier molecular flexibility index (Phi) is 6.51. The summed E-state index contributed by atoms with van der Waals surface area (Å²) in [7, 11) is 1.43. The topological polar surface area (TPSA) is 29.5 Å². The molecule has 21 heavy (non-hydrogen) atoms. The standard InChI is InChI=1S/C14H17BrF3NO2/c1-3-4-7-19(9-14(16,17)18)13(20)11-8-10(21-2)5-6-12(11)15/h5-6,8H,3-4,7,9H2,1-2H3. The Balaban J connectivity index is 3.03. The number of alkyl halides is 3. The lowest BCUT2D eigenvalue weighted by molar-refractivity contribution is -0.140. The van der Waals surface area contributed by atoms with E-state index in [1.54, 1.807) is 12.1 Å². The van der Waals surface area contributed by atoms with Gasteiger partial charge in [0.05, 0.1) is 12.7 Å². The van der Waals surface area contributed by atoms with Crippen LogP contribution in [0, 0.1) is 0 Å². The lowest BCUT2D eigenvalue weighted by atomic mass is 10.1. The van der Waals surface area contributed by atoms with Gasteiger partial charge < -0.3 is 9.64 Å². The Hall–Kier alpha value is -1.24. The number of methoxy groups -OCH3 is 1. The van der Waals surface area contributed by atoms with Gasteiger partial charge in [-0.3, -0.25) is 4.79 Å². The molecule has 0 aliphatic heterocycles. The summed E-state index contributed by atoms with van der Waals surface area (Å²) in [6, 6.07) is 4.64. The van der Waals surface area contributed by atoms with Gasteiger partial charge in [-0.15, -0.1) is 0 Å². The number of ether oxygens (including phenoxy) is 1. The molecule has 1 rings (SSSR count). The van der Waals surface area contributed by atoms with E-state index in [9.17, 15) is 18.0 Å². The van der Waals surface area contributed by atoms with Crippen LogP contribution in [0.1, 0.15) is 30.1 Å². The van der Waals surface area contributed by atoms with Crippen LogP contribution in [0.3, 0.4) is 0 Å². The van der Waals surface area contributed by atoms with Gasteiger partial charge in [0.25, 0.3) is 5.91 Å². The fourth-order valence-corrected chi connectivity index (χ4v) is 2.20. The number of nitrogens with zero attached hydrogens (tertiary/aromatic N) is 1. The van der Waals surface area contributed by atoms with Crippen LogP contribution in [0.15, 0.2) is 22.7 Å². The van der Waals surface area contributed by atoms with Crippen molar-refractivity contribution in [2.75, 3.05) is 20.2 Å². The first-order valence-electron chi connectivity index (χ1n) is 6.48. The Bertz CT molecular complexity index is 492. The molecule has 0 heterocycles. The van der Waals surface area contributed by atoms with Gasteiger partial charge in [0, 0.05) is 11.0 Å². The summed E-state index contributed by atoms with van der Waals surface area (Å²) < 4.78 is 43.3. The maximum atomic E-state index is 12.6. The molecule has 0 saturated carbocycles. The van der Waals surface area contributed by atoms with Crippen LogP contribution in [0.4, 0.5) is 13.2 Å². The molecule has 1 amide bonds. The maximum Gasteiger partial charge on any atom is 0.406 e. The van der Waals surface area contributed by atoms with Crippen LogP contribution < -0.4 is 4.74 Å². The molecular weight excluding hydrogens is 351 g/mol. The highest BCUT2D eigenvalue weighted by Gasteiger charge is 2.33. The predicted octanol–water partition coefficient (Wildman–Crippen LogP) is 4.26. The lowest BCUT2D eigenvalue weighted by Gasteiger charge is -2.24. The van der Waals surface area contributed by atoms with Gasteiger partial charge in [-0.2, -0.15) is 13.2 Å². The smallest absolute Gasteiger partial charge is 0.406 e. The first-order valence-corrected chi connectivity index (χ1v) is 7.27. The molecule has 7 heteroatoms. The van der Waals surface area contributed by atoms with Crippen molar-refractivity contribution in [3.05, 3.63) is 28.2 Å². The summed E-state index contributed by atoms with van der Waals surface area (Å²) in [5.74, 6) is -0.240. The normalized spacial score (nSPS) is 11.3. The highest BCUT2D eigenvalue weighted by Crippen LogP contribution is 2.25. The van der Waals surface area contributed by atoms with E-state index in [1.165, 1.54) is 13.2 Å². The van der Waals surface area contributed by atoms with Crippen molar-refractivity contribution in [1.29, 1.82) is 0 Å². The monoisotopic (exact) mass is 367 g/mol. The molecule has 0 spiro atoms. The van der Waals surface area contributed by atoms with Crippen molar-refractivity contribution in [2.24, 2.45) is 0 Å². The third kappa shape index (κ3) is 5.57. The molecule has 0 aliphatic rings. The second-order valence-electron chi connectivity index (χ2n) is 4.54. The van der Waals surface area contributed by atoms with Crippen molar-refractivity contribution in [3.8, 4) is 5.75 Å². The molecule has 0 bridgehead atoms. The molecule has 0 fully saturated rings. The van der Waals surface area contributed by atoms with Crippen molar-refractivity contribution in [1.82, 2.24) is 4.90 Å². The Morgan fingerprint density at radius 3 is 2.57 bits per heavy atom. The first kappa shape index (κ1) is 17.8. The second-order valence-corrected chi connectivity index (χ2v) is 5.40. The zero-order valence-electron chi connectivity index (χ0n) is 11.8. The Labute approximate surface area is 130 Å². The minimum atomic E-state index is -4.42.